The number of hydrogen-bond acceptors (Lipinski definition) is 4. The summed E-state index contributed by atoms with van der Waals surface area (Å²) in [6.45, 7) is 13.1. The smallest absolute Gasteiger partial charge is 0.410 e. The third-order valence-electron chi connectivity index (χ3n) is 5.20. The molecule has 1 amide bonds. The number of likely N-dealkylation sites (tertiary alicyclic amines) is 1. The first kappa shape index (κ1) is 19.9. The highest BCUT2D eigenvalue weighted by molar-refractivity contribution is 7.99. The maximum atomic E-state index is 12.5. The molecule has 0 spiro atoms. The highest BCUT2D eigenvalue weighted by Crippen LogP contribution is 2.35. The van der Waals surface area contributed by atoms with Crippen LogP contribution in [0, 0.1) is 11.3 Å². The lowest BCUT2D eigenvalue weighted by Gasteiger charge is -2.44. The second-order valence-electron chi connectivity index (χ2n) is 8.76. The van der Waals surface area contributed by atoms with Gasteiger partial charge in [-0.25, -0.2) is 4.79 Å². The van der Waals surface area contributed by atoms with Gasteiger partial charge < -0.3 is 15.0 Å². The maximum Gasteiger partial charge on any atom is 0.410 e. The van der Waals surface area contributed by atoms with Crippen molar-refractivity contribution in [1.82, 2.24) is 10.2 Å². The lowest BCUT2D eigenvalue weighted by Crippen LogP contribution is -2.53. The molecule has 2 rings (SSSR count). The van der Waals surface area contributed by atoms with Crippen LogP contribution in [0.1, 0.15) is 60.3 Å². The SMILES string of the molecule is CCCC1(CNC2CSCC2C)CCCN(C(=O)OC(C)(C)C)C1. The Balaban J connectivity index is 1.98. The Bertz CT molecular complexity index is 420. The summed E-state index contributed by atoms with van der Waals surface area (Å²) in [4.78, 5) is 14.4. The number of piperidine rings is 1. The summed E-state index contributed by atoms with van der Waals surface area (Å²) in [7, 11) is 0. The second kappa shape index (κ2) is 8.31. The van der Waals surface area contributed by atoms with Crippen LogP contribution in [0.25, 0.3) is 0 Å². The first-order valence-electron chi connectivity index (χ1n) is 9.54. The molecule has 0 saturated carbocycles. The minimum atomic E-state index is -0.420. The summed E-state index contributed by atoms with van der Waals surface area (Å²) in [5.74, 6) is 3.24. The molecule has 2 fully saturated rings. The molecular weight excluding hydrogens is 320 g/mol. The van der Waals surface area contributed by atoms with E-state index in [1.54, 1.807) is 0 Å². The van der Waals surface area contributed by atoms with Gasteiger partial charge >= 0.3 is 6.09 Å². The van der Waals surface area contributed by atoms with Gasteiger partial charge in [0.2, 0.25) is 0 Å². The Morgan fingerprint density at radius 3 is 2.71 bits per heavy atom. The molecule has 0 aromatic carbocycles. The number of thioether (sulfide) groups is 1. The van der Waals surface area contributed by atoms with E-state index in [1.807, 2.05) is 25.7 Å². The van der Waals surface area contributed by atoms with E-state index in [0.29, 0.717) is 6.04 Å². The Morgan fingerprint density at radius 1 is 1.38 bits per heavy atom. The van der Waals surface area contributed by atoms with Crippen LogP contribution in [0.2, 0.25) is 0 Å². The molecule has 0 aromatic rings. The summed E-state index contributed by atoms with van der Waals surface area (Å²) in [6, 6.07) is 0.626. The summed E-state index contributed by atoms with van der Waals surface area (Å²) < 4.78 is 5.61. The quantitative estimate of drug-likeness (QED) is 0.804. The first-order chi connectivity index (χ1) is 11.2. The van der Waals surface area contributed by atoms with Gasteiger partial charge in [0.25, 0.3) is 0 Å². The number of nitrogens with zero attached hydrogens (tertiary/aromatic N) is 1. The van der Waals surface area contributed by atoms with Crippen LogP contribution in [-0.2, 0) is 4.74 Å². The molecular formula is C19H36N2O2S. The molecule has 0 radical (unpaired) electrons. The Kier molecular flexibility index (Phi) is 6.89. The average Bonchev–Trinajstić information content (AvgIpc) is 2.89. The molecule has 5 heteroatoms. The van der Waals surface area contributed by atoms with Crippen LogP contribution in [0.3, 0.4) is 0 Å². The minimum Gasteiger partial charge on any atom is -0.444 e. The number of hydrogen-bond donors (Lipinski definition) is 1. The van der Waals surface area contributed by atoms with Crippen LogP contribution < -0.4 is 5.32 Å². The largest absolute Gasteiger partial charge is 0.444 e. The van der Waals surface area contributed by atoms with Crippen LogP contribution in [0.15, 0.2) is 0 Å². The van der Waals surface area contributed by atoms with Crippen LogP contribution in [0.4, 0.5) is 4.79 Å². The molecule has 2 aliphatic heterocycles. The molecule has 24 heavy (non-hydrogen) atoms. The first-order valence-corrected chi connectivity index (χ1v) is 10.7. The van der Waals surface area contributed by atoms with Gasteiger partial charge in [-0.15, -0.1) is 0 Å². The Hall–Kier alpha value is -0.420. The lowest BCUT2D eigenvalue weighted by molar-refractivity contribution is 0.00190. The molecule has 0 aromatic heterocycles. The van der Waals surface area contributed by atoms with Gasteiger partial charge in [-0.3, -0.25) is 0 Å². The lowest BCUT2D eigenvalue weighted by atomic mass is 9.76. The van der Waals surface area contributed by atoms with E-state index in [0.717, 1.165) is 32.0 Å². The van der Waals surface area contributed by atoms with E-state index in [9.17, 15) is 4.79 Å². The molecule has 3 unspecified atom stereocenters. The van der Waals surface area contributed by atoms with Crippen molar-refractivity contribution in [2.45, 2.75) is 71.9 Å². The summed E-state index contributed by atoms with van der Waals surface area (Å²) in [5, 5.41) is 3.83. The van der Waals surface area contributed by atoms with Gasteiger partial charge in [-0.05, 0) is 51.7 Å². The fourth-order valence-electron chi connectivity index (χ4n) is 3.93. The zero-order valence-corrected chi connectivity index (χ0v) is 17.0. The third kappa shape index (κ3) is 5.55. The van der Waals surface area contributed by atoms with Crippen LogP contribution >= 0.6 is 11.8 Å². The van der Waals surface area contributed by atoms with Gasteiger partial charge in [-0.1, -0.05) is 20.3 Å². The van der Waals surface area contributed by atoms with Gasteiger partial charge in [0, 0.05) is 36.8 Å². The van der Waals surface area contributed by atoms with Crippen molar-refractivity contribution in [1.29, 1.82) is 0 Å². The molecule has 2 heterocycles. The number of rotatable bonds is 5. The van der Waals surface area contributed by atoms with Crippen molar-refractivity contribution in [3.63, 3.8) is 0 Å². The summed E-state index contributed by atoms with van der Waals surface area (Å²) >= 11 is 2.05. The van der Waals surface area contributed by atoms with E-state index in [4.69, 9.17) is 4.74 Å². The molecule has 140 valence electrons. The van der Waals surface area contributed by atoms with E-state index >= 15 is 0 Å². The monoisotopic (exact) mass is 356 g/mol. The number of carbonyl (C=O) groups excluding carboxylic acids is 1. The van der Waals surface area contributed by atoms with Gasteiger partial charge in [-0.2, -0.15) is 11.8 Å². The zero-order valence-electron chi connectivity index (χ0n) is 16.2. The standard InChI is InChI=1S/C19H36N2O2S/c1-6-8-19(13-20-16-12-24-11-15(16)2)9-7-10-21(14-19)17(22)23-18(3,4)5/h15-16,20H,6-14H2,1-5H3. The topological polar surface area (TPSA) is 41.6 Å². The fraction of sp³-hybridized carbons (Fsp3) is 0.947. The van der Waals surface area contributed by atoms with Crippen molar-refractivity contribution >= 4 is 17.9 Å². The molecule has 0 bridgehead atoms. The number of amides is 1. The van der Waals surface area contributed by atoms with Crippen molar-refractivity contribution < 1.29 is 9.53 Å². The number of ether oxygens (including phenoxy) is 1. The third-order valence-corrected chi connectivity index (χ3v) is 6.55. The second-order valence-corrected chi connectivity index (χ2v) is 9.83. The van der Waals surface area contributed by atoms with Crippen LogP contribution in [0.5, 0.6) is 0 Å². The maximum absolute atomic E-state index is 12.5. The van der Waals surface area contributed by atoms with E-state index < -0.39 is 5.60 Å². The van der Waals surface area contributed by atoms with Crippen molar-refractivity contribution in [3.05, 3.63) is 0 Å². The zero-order chi connectivity index (χ0) is 17.8. The van der Waals surface area contributed by atoms with Crippen LogP contribution in [-0.4, -0.2) is 53.8 Å². The molecule has 1 N–H and O–H groups in total. The highest BCUT2D eigenvalue weighted by atomic mass is 32.2. The van der Waals surface area contributed by atoms with Gasteiger partial charge in [0.1, 0.15) is 5.60 Å². The molecule has 0 aliphatic carbocycles. The number of carbonyl (C=O) groups is 1. The van der Waals surface area contributed by atoms with Crippen molar-refractivity contribution in [3.8, 4) is 0 Å². The number of nitrogens with one attached hydrogen (secondary N) is 1. The molecule has 2 saturated heterocycles. The average molecular weight is 357 g/mol. The van der Waals surface area contributed by atoms with Gasteiger partial charge in [0.05, 0.1) is 0 Å². The predicted molar refractivity (Wildman–Crippen MR) is 103 cm³/mol. The summed E-state index contributed by atoms with van der Waals surface area (Å²) in [6.07, 6.45) is 4.48. The van der Waals surface area contributed by atoms with Crippen molar-refractivity contribution in [2.24, 2.45) is 11.3 Å². The molecule has 3 atom stereocenters. The normalized spacial score (nSPS) is 31.3. The summed E-state index contributed by atoms with van der Waals surface area (Å²) in [5.41, 5.74) is -0.215. The van der Waals surface area contributed by atoms with E-state index in [1.165, 1.54) is 30.8 Å². The Labute approximate surface area is 152 Å². The van der Waals surface area contributed by atoms with Crippen molar-refractivity contribution in [2.75, 3.05) is 31.1 Å². The predicted octanol–water partition coefficient (Wildman–Crippen LogP) is 4.14. The highest BCUT2D eigenvalue weighted by Gasteiger charge is 2.38. The fourth-order valence-corrected chi connectivity index (χ4v) is 5.37. The minimum absolute atomic E-state index is 0.146. The molecule has 2 aliphatic rings. The Morgan fingerprint density at radius 2 is 2.12 bits per heavy atom. The van der Waals surface area contributed by atoms with Gasteiger partial charge in [0.15, 0.2) is 0 Å². The molecule has 4 nitrogen and oxygen atoms in total. The van der Waals surface area contributed by atoms with E-state index in [2.05, 4.69) is 30.9 Å². The van der Waals surface area contributed by atoms with E-state index in [-0.39, 0.29) is 11.5 Å².